The van der Waals surface area contributed by atoms with E-state index in [1.54, 1.807) is 0 Å². The standard InChI is InChI=1S/C14H20F2N2.2ClH/c1-10-3-4-12(11(2)9-10)13(14(15)16)18-7-5-17-6-8-18;;/h3-4,9,13-14,17H,5-8H2,1-2H3;2*1H/t13-;;/m0../s1. The fourth-order valence-corrected chi connectivity index (χ4v) is 2.61. The highest BCUT2D eigenvalue weighted by Crippen LogP contribution is 2.30. The fraction of sp³-hybridized carbons (Fsp3) is 0.571. The third-order valence-corrected chi connectivity index (χ3v) is 3.53. The van der Waals surface area contributed by atoms with Gasteiger partial charge >= 0.3 is 0 Å². The fourth-order valence-electron chi connectivity index (χ4n) is 2.61. The first-order chi connectivity index (χ1) is 8.59. The number of rotatable bonds is 3. The first kappa shape index (κ1) is 19.6. The summed E-state index contributed by atoms with van der Waals surface area (Å²) < 4.78 is 26.8. The Morgan fingerprint density at radius 2 is 1.70 bits per heavy atom. The van der Waals surface area contributed by atoms with Crippen LogP contribution in [0.2, 0.25) is 0 Å². The van der Waals surface area contributed by atoms with Crippen LogP contribution in [0, 0.1) is 13.8 Å². The molecule has 1 saturated heterocycles. The Balaban J connectivity index is 0.00000180. The van der Waals surface area contributed by atoms with E-state index >= 15 is 0 Å². The molecule has 2 rings (SSSR count). The van der Waals surface area contributed by atoms with Gasteiger partial charge in [-0.15, -0.1) is 24.8 Å². The summed E-state index contributed by atoms with van der Waals surface area (Å²) in [7, 11) is 0. The van der Waals surface area contributed by atoms with Gasteiger partial charge in [-0.3, -0.25) is 4.90 Å². The number of halogens is 4. The second-order valence-corrected chi connectivity index (χ2v) is 4.93. The maximum absolute atomic E-state index is 13.4. The number of hydrogen-bond donors (Lipinski definition) is 1. The smallest absolute Gasteiger partial charge is 0.258 e. The van der Waals surface area contributed by atoms with E-state index in [0.29, 0.717) is 13.1 Å². The Kier molecular flexibility index (Phi) is 8.59. The molecule has 6 heteroatoms. The number of nitrogens with zero attached hydrogens (tertiary/aromatic N) is 1. The van der Waals surface area contributed by atoms with Crippen LogP contribution >= 0.6 is 24.8 Å². The van der Waals surface area contributed by atoms with Crippen LogP contribution in [0.25, 0.3) is 0 Å². The predicted molar refractivity (Wildman–Crippen MR) is 83.6 cm³/mol. The molecule has 0 aromatic heterocycles. The Morgan fingerprint density at radius 3 is 2.20 bits per heavy atom. The van der Waals surface area contributed by atoms with Crippen molar-refractivity contribution in [3.05, 3.63) is 34.9 Å². The SMILES string of the molecule is Cc1ccc([C@@H](C(F)F)N2CCNCC2)c(C)c1.Cl.Cl. The van der Waals surface area contributed by atoms with Crippen LogP contribution in [0.3, 0.4) is 0 Å². The third kappa shape index (κ3) is 4.55. The molecule has 0 saturated carbocycles. The van der Waals surface area contributed by atoms with Crippen molar-refractivity contribution in [1.29, 1.82) is 0 Å². The zero-order valence-electron chi connectivity index (χ0n) is 11.7. The molecule has 2 nitrogen and oxygen atoms in total. The number of aryl methyl sites for hydroxylation is 2. The lowest BCUT2D eigenvalue weighted by molar-refractivity contribution is 0.0178. The highest BCUT2D eigenvalue weighted by molar-refractivity contribution is 5.85. The van der Waals surface area contributed by atoms with Crippen molar-refractivity contribution in [1.82, 2.24) is 10.2 Å². The highest BCUT2D eigenvalue weighted by Gasteiger charge is 2.30. The molecule has 1 atom stereocenters. The summed E-state index contributed by atoms with van der Waals surface area (Å²) in [5.41, 5.74) is 2.83. The van der Waals surface area contributed by atoms with Gasteiger partial charge in [0, 0.05) is 26.2 Å². The molecule has 1 heterocycles. The van der Waals surface area contributed by atoms with Gasteiger partial charge < -0.3 is 5.32 Å². The minimum atomic E-state index is -2.34. The molecule has 1 aromatic rings. The Hall–Kier alpha value is -0.420. The van der Waals surface area contributed by atoms with Crippen LogP contribution < -0.4 is 5.32 Å². The quantitative estimate of drug-likeness (QED) is 0.916. The molecular weight excluding hydrogens is 305 g/mol. The van der Waals surface area contributed by atoms with E-state index in [-0.39, 0.29) is 24.8 Å². The first-order valence-electron chi connectivity index (χ1n) is 6.39. The lowest BCUT2D eigenvalue weighted by atomic mass is 9.98. The van der Waals surface area contributed by atoms with E-state index in [9.17, 15) is 8.78 Å². The van der Waals surface area contributed by atoms with E-state index in [1.807, 2.05) is 36.9 Å². The van der Waals surface area contributed by atoms with Gasteiger partial charge in [0.1, 0.15) is 0 Å². The average Bonchev–Trinajstić information content (AvgIpc) is 2.33. The summed E-state index contributed by atoms with van der Waals surface area (Å²) in [6.45, 7) is 6.84. The topological polar surface area (TPSA) is 15.3 Å². The van der Waals surface area contributed by atoms with E-state index < -0.39 is 12.5 Å². The molecule has 0 aliphatic carbocycles. The van der Waals surface area contributed by atoms with E-state index in [4.69, 9.17) is 0 Å². The number of nitrogens with one attached hydrogen (secondary N) is 1. The summed E-state index contributed by atoms with van der Waals surface area (Å²) in [5, 5.41) is 3.20. The molecule has 1 aromatic carbocycles. The predicted octanol–water partition coefficient (Wildman–Crippen LogP) is 3.36. The van der Waals surface area contributed by atoms with Crippen LogP contribution in [0.5, 0.6) is 0 Å². The zero-order valence-corrected chi connectivity index (χ0v) is 13.4. The summed E-state index contributed by atoms with van der Waals surface area (Å²) in [5.74, 6) is 0. The summed E-state index contributed by atoms with van der Waals surface area (Å²) in [6.07, 6.45) is -2.34. The van der Waals surface area contributed by atoms with Crippen LogP contribution in [-0.2, 0) is 0 Å². The molecule has 1 fully saturated rings. The van der Waals surface area contributed by atoms with Crippen LogP contribution in [0.4, 0.5) is 8.78 Å². The molecule has 1 N–H and O–H groups in total. The van der Waals surface area contributed by atoms with Gasteiger partial charge in [0.25, 0.3) is 6.43 Å². The lowest BCUT2D eigenvalue weighted by Crippen LogP contribution is -2.47. The molecule has 0 amide bonds. The molecule has 0 radical (unpaired) electrons. The van der Waals surface area contributed by atoms with Crippen LogP contribution in [0.1, 0.15) is 22.7 Å². The second-order valence-electron chi connectivity index (χ2n) is 4.93. The molecule has 1 aliphatic rings. The van der Waals surface area contributed by atoms with E-state index in [2.05, 4.69) is 5.32 Å². The van der Waals surface area contributed by atoms with Gasteiger partial charge in [0.05, 0.1) is 6.04 Å². The lowest BCUT2D eigenvalue weighted by Gasteiger charge is -2.35. The van der Waals surface area contributed by atoms with Crippen molar-refractivity contribution in [3.8, 4) is 0 Å². The van der Waals surface area contributed by atoms with Gasteiger partial charge in [-0.25, -0.2) is 8.78 Å². The largest absolute Gasteiger partial charge is 0.314 e. The van der Waals surface area contributed by atoms with Gasteiger partial charge in [0.2, 0.25) is 0 Å². The second kappa shape index (κ2) is 8.78. The minimum Gasteiger partial charge on any atom is -0.314 e. The molecular formula is C14H22Cl2F2N2. The van der Waals surface area contributed by atoms with Gasteiger partial charge in [0.15, 0.2) is 0 Å². The van der Waals surface area contributed by atoms with Crippen molar-refractivity contribution >= 4 is 24.8 Å². The molecule has 0 unspecified atom stereocenters. The third-order valence-electron chi connectivity index (χ3n) is 3.53. The first-order valence-corrected chi connectivity index (χ1v) is 6.39. The van der Waals surface area contributed by atoms with Gasteiger partial charge in [-0.05, 0) is 25.0 Å². The normalized spacial score (nSPS) is 17.2. The van der Waals surface area contributed by atoms with Gasteiger partial charge in [-0.2, -0.15) is 0 Å². The number of hydrogen-bond acceptors (Lipinski definition) is 2. The van der Waals surface area contributed by atoms with Crippen LogP contribution in [0.15, 0.2) is 18.2 Å². The van der Waals surface area contributed by atoms with Crippen molar-refractivity contribution in [2.24, 2.45) is 0 Å². The maximum atomic E-state index is 13.4. The molecule has 0 bridgehead atoms. The van der Waals surface area contributed by atoms with Crippen molar-refractivity contribution in [2.75, 3.05) is 26.2 Å². The van der Waals surface area contributed by atoms with Crippen molar-refractivity contribution in [3.63, 3.8) is 0 Å². The molecule has 1 aliphatic heterocycles. The number of piperazine rings is 1. The molecule has 116 valence electrons. The van der Waals surface area contributed by atoms with E-state index in [0.717, 1.165) is 29.8 Å². The summed E-state index contributed by atoms with van der Waals surface area (Å²) in [6, 6.07) is 4.98. The zero-order chi connectivity index (χ0) is 13.1. The minimum absolute atomic E-state index is 0. The summed E-state index contributed by atoms with van der Waals surface area (Å²) in [4.78, 5) is 1.89. The maximum Gasteiger partial charge on any atom is 0.258 e. The summed E-state index contributed by atoms with van der Waals surface area (Å²) >= 11 is 0. The van der Waals surface area contributed by atoms with E-state index in [1.165, 1.54) is 0 Å². The Bertz CT molecular complexity index is 410. The average molecular weight is 327 g/mol. The van der Waals surface area contributed by atoms with Gasteiger partial charge in [-0.1, -0.05) is 23.8 Å². The monoisotopic (exact) mass is 326 g/mol. The Morgan fingerprint density at radius 1 is 1.10 bits per heavy atom. The van der Waals surface area contributed by atoms with Crippen molar-refractivity contribution < 1.29 is 8.78 Å². The molecule has 20 heavy (non-hydrogen) atoms. The number of alkyl halides is 2. The molecule has 0 spiro atoms. The number of benzene rings is 1. The Labute approximate surface area is 131 Å². The van der Waals surface area contributed by atoms with Crippen molar-refractivity contribution in [2.45, 2.75) is 26.3 Å². The highest BCUT2D eigenvalue weighted by atomic mass is 35.5. The van der Waals surface area contributed by atoms with Crippen LogP contribution in [-0.4, -0.2) is 37.5 Å².